The van der Waals surface area contributed by atoms with Crippen molar-refractivity contribution >= 4 is 17.7 Å². The summed E-state index contributed by atoms with van der Waals surface area (Å²) in [4.78, 5) is 13.2. The van der Waals surface area contributed by atoms with Crippen LogP contribution in [0.3, 0.4) is 0 Å². The van der Waals surface area contributed by atoms with Gasteiger partial charge in [-0.25, -0.2) is 0 Å². The summed E-state index contributed by atoms with van der Waals surface area (Å²) in [5.74, 6) is 1.28. The van der Waals surface area contributed by atoms with Crippen LogP contribution in [0.15, 0.2) is 0 Å². The lowest BCUT2D eigenvalue weighted by atomic mass is 10.0. The number of carboxylic acids is 1. The molecule has 1 aliphatic heterocycles. The van der Waals surface area contributed by atoms with Crippen LogP contribution in [0.2, 0.25) is 0 Å². The van der Waals surface area contributed by atoms with E-state index in [1.807, 2.05) is 18.7 Å². The van der Waals surface area contributed by atoms with E-state index < -0.39 is 5.97 Å². The Balaban J connectivity index is 2.57. The Morgan fingerprint density at radius 2 is 2.21 bits per heavy atom. The van der Waals surface area contributed by atoms with Gasteiger partial charge in [-0.3, -0.25) is 9.69 Å². The molecule has 0 amide bonds. The number of thioether (sulfide) groups is 1. The zero-order valence-electron chi connectivity index (χ0n) is 9.06. The van der Waals surface area contributed by atoms with Crippen molar-refractivity contribution in [3.8, 4) is 0 Å². The Bertz CT molecular complexity index is 210. The summed E-state index contributed by atoms with van der Waals surface area (Å²) in [7, 11) is 0. The monoisotopic (exact) mass is 217 g/mol. The zero-order chi connectivity index (χ0) is 10.7. The molecule has 1 saturated heterocycles. The van der Waals surface area contributed by atoms with E-state index in [9.17, 15) is 4.79 Å². The molecule has 1 rings (SSSR count). The molecular formula is C10H19NO2S. The van der Waals surface area contributed by atoms with Crippen LogP contribution in [0.5, 0.6) is 0 Å². The molecule has 82 valence electrons. The van der Waals surface area contributed by atoms with Crippen molar-refractivity contribution in [2.24, 2.45) is 5.92 Å². The fourth-order valence-electron chi connectivity index (χ4n) is 1.84. The maximum Gasteiger partial charge on any atom is 0.307 e. The largest absolute Gasteiger partial charge is 0.481 e. The molecule has 0 radical (unpaired) electrons. The van der Waals surface area contributed by atoms with Crippen LogP contribution in [0.4, 0.5) is 0 Å². The predicted octanol–water partition coefficient (Wildman–Crippen LogP) is 1.53. The molecule has 1 N–H and O–H groups in total. The van der Waals surface area contributed by atoms with Crippen LogP contribution in [-0.2, 0) is 4.79 Å². The van der Waals surface area contributed by atoms with Crippen molar-refractivity contribution < 1.29 is 9.90 Å². The second-order valence-corrected chi connectivity index (χ2v) is 5.18. The van der Waals surface area contributed by atoms with Gasteiger partial charge < -0.3 is 5.11 Å². The van der Waals surface area contributed by atoms with Gasteiger partial charge in [-0.15, -0.1) is 0 Å². The van der Waals surface area contributed by atoms with E-state index in [0.29, 0.717) is 6.04 Å². The normalized spacial score (nSPS) is 28.4. The fraction of sp³-hybridized carbons (Fsp3) is 0.900. The quantitative estimate of drug-likeness (QED) is 0.778. The topological polar surface area (TPSA) is 40.5 Å². The van der Waals surface area contributed by atoms with Gasteiger partial charge in [0.2, 0.25) is 0 Å². The smallest absolute Gasteiger partial charge is 0.307 e. The Morgan fingerprint density at radius 3 is 2.71 bits per heavy atom. The summed E-state index contributed by atoms with van der Waals surface area (Å²) < 4.78 is 0. The highest BCUT2D eigenvalue weighted by atomic mass is 32.2. The van der Waals surface area contributed by atoms with Gasteiger partial charge in [-0.1, -0.05) is 6.92 Å². The first-order valence-electron chi connectivity index (χ1n) is 5.10. The lowest BCUT2D eigenvalue weighted by molar-refractivity contribution is -0.143. The highest BCUT2D eigenvalue weighted by Gasteiger charge is 2.29. The van der Waals surface area contributed by atoms with Gasteiger partial charge in [-0.2, -0.15) is 11.8 Å². The zero-order valence-corrected chi connectivity index (χ0v) is 9.88. The van der Waals surface area contributed by atoms with Gasteiger partial charge in [0, 0.05) is 30.1 Å². The molecule has 3 nitrogen and oxygen atoms in total. The Morgan fingerprint density at radius 1 is 1.57 bits per heavy atom. The molecule has 1 aliphatic rings. The lowest BCUT2D eigenvalue weighted by Crippen LogP contribution is -2.49. The molecule has 0 aromatic carbocycles. The van der Waals surface area contributed by atoms with Crippen molar-refractivity contribution in [1.29, 1.82) is 0 Å². The van der Waals surface area contributed by atoms with E-state index in [-0.39, 0.29) is 12.0 Å². The molecule has 3 atom stereocenters. The Labute approximate surface area is 89.9 Å². The SMILES string of the molecule is CC(C(=O)O)C(C)N1CCSCC1C. The predicted molar refractivity (Wildman–Crippen MR) is 59.8 cm³/mol. The van der Waals surface area contributed by atoms with Crippen LogP contribution in [0.25, 0.3) is 0 Å². The molecule has 0 spiro atoms. The number of hydrogen-bond donors (Lipinski definition) is 1. The number of hydrogen-bond acceptors (Lipinski definition) is 3. The average Bonchev–Trinajstić information content (AvgIpc) is 2.16. The van der Waals surface area contributed by atoms with Crippen LogP contribution in [0.1, 0.15) is 20.8 Å². The van der Waals surface area contributed by atoms with Gasteiger partial charge in [0.05, 0.1) is 5.92 Å². The maximum atomic E-state index is 10.9. The van der Waals surface area contributed by atoms with Gasteiger partial charge in [-0.05, 0) is 13.8 Å². The Kier molecular flexibility index (Phi) is 4.26. The second kappa shape index (κ2) is 5.03. The van der Waals surface area contributed by atoms with E-state index in [4.69, 9.17) is 5.11 Å². The Hall–Kier alpha value is -0.220. The van der Waals surface area contributed by atoms with E-state index >= 15 is 0 Å². The van der Waals surface area contributed by atoms with Crippen LogP contribution < -0.4 is 0 Å². The minimum absolute atomic E-state index is 0.142. The second-order valence-electron chi connectivity index (χ2n) is 4.03. The van der Waals surface area contributed by atoms with Gasteiger partial charge in [0.1, 0.15) is 0 Å². The van der Waals surface area contributed by atoms with Crippen molar-refractivity contribution in [3.05, 3.63) is 0 Å². The average molecular weight is 217 g/mol. The van der Waals surface area contributed by atoms with Gasteiger partial charge in [0.25, 0.3) is 0 Å². The lowest BCUT2D eigenvalue weighted by Gasteiger charge is -2.39. The molecule has 14 heavy (non-hydrogen) atoms. The summed E-state index contributed by atoms with van der Waals surface area (Å²) in [6.07, 6.45) is 0. The number of rotatable bonds is 3. The van der Waals surface area contributed by atoms with E-state index in [1.54, 1.807) is 6.92 Å². The molecule has 3 unspecified atom stereocenters. The maximum absolute atomic E-state index is 10.9. The van der Waals surface area contributed by atoms with Crippen molar-refractivity contribution in [2.75, 3.05) is 18.1 Å². The van der Waals surface area contributed by atoms with Gasteiger partial charge >= 0.3 is 5.97 Å². The first kappa shape index (κ1) is 11.9. The molecule has 0 aromatic heterocycles. The molecular weight excluding hydrogens is 198 g/mol. The third-order valence-corrected chi connectivity index (χ3v) is 4.24. The van der Waals surface area contributed by atoms with E-state index in [0.717, 1.165) is 18.1 Å². The molecule has 0 aromatic rings. The van der Waals surface area contributed by atoms with E-state index in [2.05, 4.69) is 11.8 Å². The van der Waals surface area contributed by atoms with Crippen LogP contribution in [0, 0.1) is 5.92 Å². The molecule has 4 heteroatoms. The molecule has 0 aliphatic carbocycles. The summed E-state index contributed by atoms with van der Waals surface area (Å²) in [6, 6.07) is 0.647. The molecule has 1 fully saturated rings. The van der Waals surface area contributed by atoms with Crippen LogP contribution in [-0.4, -0.2) is 46.1 Å². The standard InChI is InChI=1S/C10H19NO2S/c1-7-6-14-5-4-11(7)9(3)8(2)10(12)13/h7-9H,4-6H2,1-3H3,(H,12,13). The number of nitrogens with zero attached hydrogens (tertiary/aromatic N) is 1. The summed E-state index contributed by atoms with van der Waals surface area (Å²) in [5.41, 5.74) is 0. The number of carboxylic acid groups (broad SMARTS) is 1. The molecule has 0 saturated carbocycles. The summed E-state index contributed by atoms with van der Waals surface area (Å²) in [5, 5.41) is 8.94. The number of carbonyl (C=O) groups is 1. The van der Waals surface area contributed by atoms with Crippen molar-refractivity contribution in [2.45, 2.75) is 32.9 Å². The summed E-state index contributed by atoms with van der Waals surface area (Å²) >= 11 is 1.96. The third kappa shape index (κ3) is 2.64. The van der Waals surface area contributed by atoms with Crippen molar-refractivity contribution in [3.63, 3.8) is 0 Å². The summed E-state index contributed by atoms with van der Waals surface area (Å²) in [6.45, 7) is 7.01. The fourth-order valence-corrected chi connectivity index (χ4v) is 2.88. The van der Waals surface area contributed by atoms with E-state index in [1.165, 1.54) is 0 Å². The molecule has 1 heterocycles. The van der Waals surface area contributed by atoms with Gasteiger partial charge in [0.15, 0.2) is 0 Å². The minimum Gasteiger partial charge on any atom is -0.481 e. The minimum atomic E-state index is -0.692. The van der Waals surface area contributed by atoms with Crippen LogP contribution >= 0.6 is 11.8 Å². The highest BCUT2D eigenvalue weighted by molar-refractivity contribution is 7.99. The first-order chi connectivity index (χ1) is 6.54. The molecule has 0 bridgehead atoms. The van der Waals surface area contributed by atoms with Crippen molar-refractivity contribution in [1.82, 2.24) is 4.90 Å². The first-order valence-corrected chi connectivity index (χ1v) is 6.25. The number of aliphatic carboxylic acids is 1. The highest BCUT2D eigenvalue weighted by Crippen LogP contribution is 2.21. The third-order valence-electron chi connectivity index (χ3n) is 3.06.